The minimum absolute atomic E-state index is 0.00299. The van der Waals surface area contributed by atoms with E-state index >= 15 is 0 Å². The Labute approximate surface area is 305 Å². The second-order valence-electron chi connectivity index (χ2n) is 21.7. The molecular weight excluding hydrogens is 613 g/mol. The second kappa shape index (κ2) is 14.1. The number of hydrogen-bond acceptors (Lipinski definition) is 3. The third-order valence-corrected chi connectivity index (χ3v) is 24.2. The Morgan fingerprint density at radius 1 is 0.571 bits per heavy atom. The highest BCUT2D eigenvalue weighted by Gasteiger charge is 2.71. The van der Waals surface area contributed by atoms with Crippen molar-refractivity contribution >= 4 is 8.07 Å². The summed E-state index contributed by atoms with van der Waals surface area (Å²) in [6.45, 7) is 16.0. The van der Waals surface area contributed by atoms with Crippen molar-refractivity contribution in [1.82, 2.24) is 9.80 Å². The molecule has 16 unspecified atom stereocenters. The Kier molecular flexibility index (Phi) is 10.4. The van der Waals surface area contributed by atoms with Gasteiger partial charge in [0.15, 0.2) is 0 Å². The van der Waals surface area contributed by atoms with Gasteiger partial charge in [-0.1, -0.05) is 97.1 Å². The molecule has 0 N–H and O–H groups in total. The molecule has 6 aliphatic carbocycles. The number of unbranched alkanes of at least 4 members (excludes halogenated alkanes) is 3. The molecule has 4 heteroatoms. The van der Waals surface area contributed by atoms with Gasteiger partial charge in [0.1, 0.15) is 0 Å². The molecule has 0 amide bonds. The smallest absolute Gasteiger partial charge is 0.0598 e. The molecule has 280 valence electrons. The second-order valence-corrected chi connectivity index (χ2v) is 26.5. The molecule has 49 heavy (non-hydrogen) atoms. The van der Waals surface area contributed by atoms with Crippen LogP contribution in [0.4, 0.5) is 0 Å². The normalized spacial score (nSPS) is 49.5. The van der Waals surface area contributed by atoms with Crippen molar-refractivity contribution < 1.29 is 4.74 Å². The van der Waals surface area contributed by atoms with E-state index in [4.69, 9.17) is 4.74 Å². The van der Waals surface area contributed by atoms with Crippen LogP contribution in [0.2, 0.25) is 23.7 Å². The lowest BCUT2D eigenvalue weighted by Crippen LogP contribution is -2.52. The summed E-state index contributed by atoms with van der Waals surface area (Å²) in [5, 5.41) is 0. The third-order valence-electron chi connectivity index (χ3n) is 18.1. The third kappa shape index (κ3) is 6.23. The zero-order chi connectivity index (χ0) is 34.2. The van der Waals surface area contributed by atoms with Crippen molar-refractivity contribution in [2.24, 2.45) is 59.2 Å². The SMILES string of the molecule is CC1CCC2C3C(C4CCCCC4C3[Si](C)(CCCCCCOC(C)(C)C)C3C4CCCCC4C4C3C3CCC(C)CC3N4C)N(C)C2C1. The molecule has 8 fully saturated rings. The van der Waals surface area contributed by atoms with Crippen molar-refractivity contribution in [1.29, 1.82) is 0 Å². The van der Waals surface area contributed by atoms with Gasteiger partial charge < -0.3 is 4.74 Å². The summed E-state index contributed by atoms with van der Waals surface area (Å²) in [5.41, 5.74) is 2.22. The van der Waals surface area contributed by atoms with E-state index < -0.39 is 8.07 Å². The van der Waals surface area contributed by atoms with Gasteiger partial charge in [-0.3, -0.25) is 9.80 Å². The van der Waals surface area contributed by atoms with Crippen LogP contribution in [-0.4, -0.2) is 68.3 Å². The molecular formula is C45H80N2OSi. The van der Waals surface area contributed by atoms with E-state index in [-0.39, 0.29) is 5.60 Å². The van der Waals surface area contributed by atoms with Gasteiger partial charge in [0.05, 0.1) is 13.7 Å². The maximum absolute atomic E-state index is 6.19. The van der Waals surface area contributed by atoms with E-state index in [1.807, 2.05) is 0 Å². The monoisotopic (exact) mass is 693 g/mol. The topological polar surface area (TPSA) is 15.7 Å². The first kappa shape index (κ1) is 36.1. The van der Waals surface area contributed by atoms with E-state index in [0.29, 0.717) is 0 Å². The van der Waals surface area contributed by atoms with E-state index in [1.54, 1.807) is 44.6 Å². The molecule has 16 atom stereocenters. The van der Waals surface area contributed by atoms with Gasteiger partial charge in [0.25, 0.3) is 0 Å². The maximum atomic E-state index is 6.19. The molecule has 0 aromatic heterocycles. The first-order valence-electron chi connectivity index (χ1n) is 22.6. The number of hydrogen-bond donors (Lipinski definition) is 0. The zero-order valence-electron chi connectivity index (χ0n) is 33.7. The quantitative estimate of drug-likeness (QED) is 0.177. The Morgan fingerprint density at radius 2 is 1.02 bits per heavy atom. The predicted molar refractivity (Wildman–Crippen MR) is 210 cm³/mol. The molecule has 0 radical (unpaired) electrons. The van der Waals surface area contributed by atoms with Crippen molar-refractivity contribution in [2.45, 2.75) is 204 Å². The summed E-state index contributed by atoms with van der Waals surface area (Å²) < 4.78 is 6.19. The van der Waals surface area contributed by atoms with Gasteiger partial charge in [-0.25, -0.2) is 0 Å². The summed E-state index contributed by atoms with van der Waals surface area (Å²) in [6, 6.07) is 5.30. The lowest BCUT2D eigenvalue weighted by molar-refractivity contribution is -0.00471. The first-order valence-corrected chi connectivity index (χ1v) is 25.4. The average Bonchev–Trinajstić information content (AvgIpc) is 3.76. The number of ether oxygens (including phenoxy) is 1. The van der Waals surface area contributed by atoms with E-state index in [9.17, 15) is 0 Å². The highest BCUT2D eigenvalue weighted by atomic mass is 28.3. The van der Waals surface area contributed by atoms with Gasteiger partial charge in [0, 0.05) is 30.8 Å². The maximum Gasteiger partial charge on any atom is 0.0598 e. The van der Waals surface area contributed by atoms with Gasteiger partial charge in [0.2, 0.25) is 0 Å². The Hall–Kier alpha value is 0.0969. The van der Waals surface area contributed by atoms with Crippen LogP contribution in [0, 0.1) is 59.2 Å². The molecule has 2 aliphatic heterocycles. The highest BCUT2D eigenvalue weighted by molar-refractivity contribution is 6.81. The lowest BCUT2D eigenvalue weighted by atomic mass is 9.74. The molecule has 3 nitrogen and oxygen atoms in total. The van der Waals surface area contributed by atoms with Crippen LogP contribution in [0.25, 0.3) is 0 Å². The summed E-state index contributed by atoms with van der Waals surface area (Å²) in [4.78, 5) is 6.20. The van der Waals surface area contributed by atoms with Crippen LogP contribution in [0.5, 0.6) is 0 Å². The minimum atomic E-state index is -1.70. The summed E-state index contributed by atoms with van der Waals surface area (Å²) in [6.07, 6.45) is 27.2. The highest BCUT2D eigenvalue weighted by Crippen LogP contribution is 2.73. The van der Waals surface area contributed by atoms with Gasteiger partial charge >= 0.3 is 0 Å². The molecule has 6 saturated carbocycles. The fourth-order valence-corrected chi connectivity index (χ4v) is 24.2. The Morgan fingerprint density at radius 3 is 1.49 bits per heavy atom. The van der Waals surface area contributed by atoms with Crippen molar-refractivity contribution in [3.8, 4) is 0 Å². The van der Waals surface area contributed by atoms with Crippen LogP contribution in [-0.2, 0) is 4.74 Å². The Bertz CT molecular complexity index is 1070. The number of rotatable bonds is 9. The fourth-order valence-electron chi connectivity index (χ4n) is 16.6. The van der Waals surface area contributed by atoms with Gasteiger partial charge in [-0.2, -0.15) is 0 Å². The molecule has 0 aromatic carbocycles. The van der Waals surface area contributed by atoms with E-state index in [0.717, 1.165) is 101 Å². The zero-order valence-corrected chi connectivity index (χ0v) is 34.7. The molecule has 8 rings (SSSR count). The number of nitrogens with zero attached hydrogens (tertiary/aromatic N) is 2. The van der Waals surface area contributed by atoms with Gasteiger partial charge in [-0.05, 0) is 150 Å². The van der Waals surface area contributed by atoms with Gasteiger partial charge in [-0.15, -0.1) is 0 Å². The predicted octanol–water partition coefficient (Wildman–Crippen LogP) is 11.3. The molecule has 2 saturated heterocycles. The molecule has 0 aromatic rings. The van der Waals surface area contributed by atoms with Crippen molar-refractivity contribution in [3.63, 3.8) is 0 Å². The van der Waals surface area contributed by atoms with Crippen molar-refractivity contribution in [2.75, 3.05) is 20.7 Å². The van der Waals surface area contributed by atoms with Crippen LogP contribution in [0.15, 0.2) is 0 Å². The van der Waals surface area contributed by atoms with Crippen LogP contribution >= 0.6 is 0 Å². The van der Waals surface area contributed by atoms with E-state index in [1.165, 1.54) is 77.0 Å². The first-order chi connectivity index (χ1) is 23.5. The lowest BCUT2D eigenvalue weighted by Gasteiger charge is -2.53. The largest absolute Gasteiger partial charge is 0.376 e. The number of likely N-dealkylation sites (tertiary alicyclic amines) is 2. The van der Waals surface area contributed by atoms with Crippen LogP contribution in [0.3, 0.4) is 0 Å². The molecule has 8 aliphatic rings. The summed E-state index contributed by atoms with van der Waals surface area (Å²) >= 11 is 0. The van der Waals surface area contributed by atoms with Crippen molar-refractivity contribution in [3.05, 3.63) is 0 Å². The summed E-state index contributed by atoms with van der Waals surface area (Å²) in [7, 11) is 3.60. The Balaban J connectivity index is 1.16. The van der Waals surface area contributed by atoms with Crippen LogP contribution in [0.1, 0.15) is 150 Å². The summed E-state index contributed by atoms with van der Waals surface area (Å²) in [5.74, 6) is 10.1. The van der Waals surface area contributed by atoms with E-state index in [2.05, 4.69) is 65.1 Å². The standard InChI is InChI=1S/C45H80N2OSi/c1-29-21-23-35-37(27-29)46(6)41-31-17-11-13-19-33(31)43(39(35)41)49(8,26-16-10-9-15-25-48-45(3,4)5)44-34-20-14-12-18-32(34)42-40(44)36-24-22-30(2)28-38(36)47(42)7/h29-44H,9-28H2,1-8H3. The number of fused-ring (bicyclic) bond motifs is 10. The minimum Gasteiger partial charge on any atom is -0.376 e. The molecule has 0 bridgehead atoms. The van der Waals surface area contributed by atoms with Crippen LogP contribution < -0.4 is 0 Å². The molecule has 2 heterocycles. The molecule has 0 spiro atoms. The fraction of sp³-hybridized carbons (Fsp3) is 1.00. The average molecular weight is 693 g/mol.